The first-order valence-electron chi connectivity index (χ1n) is 2.94. The lowest BCUT2D eigenvalue weighted by atomic mass is 11.8. The zero-order chi connectivity index (χ0) is 14.1. The summed E-state index contributed by atoms with van der Waals surface area (Å²) in [7, 11) is 0.542. The van der Waals surface area contributed by atoms with E-state index in [1.807, 2.05) is 33.9 Å². The molecule has 0 saturated heterocycles. The quantitative estimate of drug-likeness (QED) is 0.397. The SMILES string of the molecule is C=O.C=O.C=O.C=O.C=O.O=C[SiH2]N[SiH3]. The highest BCUT2D eigenvalue weighted by molar-refractivity contribution is 6.68. The lowest BCUT2D eigenvalue weighted by Gasteiger charge is -1.74. The van der Waals surface area contributed by atoms with Crippen molar-refractivity contribution in [2.75, 3.05) is 0 Å². The van der Waals surface area contributed by atoms with Crippen molar-refractivity contribution in [3.05, 3.63) is 0 Å². The van der Waals surface area contributed by atoms with Crippen molar-refractivity contribution in [2.24, 2.45) is 0 Å². The fourth-order valence-corrected chi connectivity index (χ4v) is 0.750. The molecule has 0 aromatic heterocycles. The number of hydrogen-bond donors (Lipinski definition) is 1. The van der Waals surface area contributed by atoms with Gasteiger partial charge < -0.3 is 33.4 Å². The van der Waals surface area contributed by atoms with Crippen LogP contribution in [0.4, 0.5) is 0 Å². The monoisotopic (exact) mass is 255 g/mol. The molecular formula is C6H17NO6Si2. The molecule has 0 atom stereocenters. The molecule has 0 saturated carbocycles. The number of rotatable bonds is 2. The summed E-state index contributed by atoms with van der Waals surface area (Å²) >= 11 is 0. The molecule has 7 nitrogen and oxygen atoms in total. The molecule has 15 heavy (non-hydrogen) atoms. The summed E-state index contributed by atoms with van der Waals surface area (Å²) in [6.07, 6.45) is 0. The highest BCUT2D eigenvalue weighted by atomic mass is 28.3. The zero-order valence-electron chi connectivity index (χ0n) is 8.77. The van der Waals surface area contributed by atoms with Crippen molar-refractivity contribution >= 4 is 59.9 Å². The van der Waals surface area contributed by atoms with Crippen molar-refractivity contribution in [2.45, 2.75) is 0 Å². The molecule has 0 unspecified atom stereocenters. The highest BCUT2D eigenvalue weighted by Gasteiger charge is 1.66. The average Bonchev–Trinajstić information content (AvgIpc) is 2.42. The minimum atomic E-state index is -0.437. The lowest BCUT2D eigenvalue weighted by Crippen LogP contribution is -2.15. The first kappa shape index (κ1) is 37.6. The normalized spacial score (nSPS) is 4.80. The van der Waals surface area contributed by atoms with Crippen molar-refractivity contribution in [3.8, 4) is 0 Å². The molecule has 0 amide bonds. The fourth-order valence-electron chi connectivity index (χ4n) is 0.0833. The van der Waals surface area contributed by atoms with E-state index in [-0.39, 0.29) is 0 Å². The van der Waals surface area contributed by atoms with E-state index in [1.54, 1.807) is 0 Å². The van der Waals surface area contributed by atoms with Gasteiger partial charge in [-0.05, 0) is 0 Å². The van der Waals surface area contributed by atoms with Gasteiger partial charge in [0.25, 0.3) is 0 Å². The second kappa shape index (κ2) is 809. The Kier molecular flexibility index (Phi) is 2030. The molecular weight excluding hydrogens is 238 g/mol. The standard InChI is InChI=1S/CH7NOSi2.5CH2O/c3-1-5-2-4;5*1-2/h1-2H,5H2,4H3;5*1H2. The van der Waals surface area contributed by atoms with Crippen molar-refractivity contribution in [1.82, 2.24) is 4.65 Å². The van der Waals surface area contributed by atoms with Crippen molar-refractivity contribution in [1.29, 1.82) is 0 Å². The smallest absolute Gasteiger partial charge is 0.159 e. The van der Waals surface area contributed by atoms with Gasteiger partial charge in [-0.15, -0.1) is 0 Å². The minimum Gasteiger partial charge on any atom is -0.366 e. The molecule has 90 valence electrons. The van der Waals surface area contributed by atoms with Crippen molar-refractivity contribution in [3.63, 3.8) is 0 Å². The Bertz CT molecular complexity index is 78.4. The first-order chi connectivity index (χ1) is 7.41. The van der Waals surface area contributed by atoms with Gasteiger partial charge in [0.15, 0.2) is 9.68 Å². The Hall–Kier alpha value is -1.59. The second-order valence-corrected chi connectivity index (χ2v) is 4.29. The predicted octanol–water partition coefficient (Wildman–Crippen LogP) is -3.79. The number of carbonyl (C=O) groups excluding carboxylic acids is 6. The van der Waals surface area contributed by atoms with Gasteiger partial charge in [-0.25, -0.2) is 0 Å². The van der Waals surface area contributed by atoms with Gasteiger partial charge in [0.2, 0.25) is 0 Å². The summed E-state index contributed by atoms with van der Waals surface area (Å²) in [5, 5.41) is 0. The van der Waals surface area contributed by atoms with Crippen LogP contribution >= 0.6 is 0 Å². The number of nitrogens with one attached hydrogen (secondary N) is 1. The maximum Gasteiger partial charge on any atom is 0.159 e. The van der Waals surface area contributed by atoms with Gasteiger partial charge >= 0.3 is 0 Å². The first-order valence-corrected chi connectivity index (χ1v) is 5.46. The Morgan fingerprint density at radius 2 is 1.00 bits per heavy atom. The Morgan fingerprint density at radius 3 is 1.00 bits per heavy atom. The maximum absolute atomic E-state index is 9.43. The topological polar surface area (TPSA) is 114 Å². The molecule has 0 fully saturated rings. The van der Waals surface area contributed by atoms with Crippen LogP contribution in [0, 0.1) is 0 Å². The van der Waals surface area contributed by atoms with Gasteiger partial charge in [0.05, 0.1) is 10.4 Å². The van der Waals surface area contributed by atoms with E-state index in [0.29, 0.717) is 0 Å². The van der Waals surface area contributed by atoms with E-state index in [0.717, 1.165) is 16.3 Å². The molecule has 0 aliphatic heterocycles. The summed E-state index contributed by atoms with van der Waals surface area (Å²) < 4.78 is 2.93. The molecule has 0 heterocycles. The van der Waals surface area contributed by atoms with Crippen LogP contribution in [0.25, 0.3) is 0 Å². The van der Waals surface area contributed by atoms with E-state index in [4.69, 9.17) is 24.0 Å². The Morgan fingerprint density at radius 1 is 0.800 bits per heavy atom. The van der Waals surface area contributed by atoms with Crippen LogP contribution in [0.15, 0.2) is 0 Å². The van der Waals surface area contributed by atoms with Crippen molar-refractivity contribution < 1.29 is 28.8 Å². The molecule has 0 aromatic rings. The molecule has 0 rings (SSSR count). The molecule has 0 aromatic carbocycles. The van der Waals surface area contributed by atoms with Crippen LogP contribution in [-0.4, -0.2) is 59.9 Å². The molecule has 9 heteroatoms. The minimum absolute atomic E-state index is 0.437. The van der Waals surface area contributed by atoms with E-state index >= 15 is 0 Å². The average molecular weight is 255 g/mol. The third-order valence-electron chi connectivity index (χ3n) is 0.287. The summed E-state index contributed by atoms with van der Waals surface area (Å²) in [4.78, 5) is 49.4. The van der Waals surface area contributed by atoms with Gasteiger partial charge in [0.1, 0.15) is 39.9 Å². The lowest BCUT2D eigenvalue weighted by molar-refractivity contribution is -0.0987. The van der Waals surface area contributed by atoms with Crippen LogP contribution in [0.1, 0.15) is 0 Å². The Balaban J connectivity index is -0.0000000177. The van der Waals surface area contributed by atoms with Crippen LogP contribution < -0.4 is 4.65 Å². The fraction of sp³-hybridized carbons (Fsp3) is 0. The van der Waals surface area contributed by atoms with Crippen LogP contribution in [-0.2, 0) is 28.8 Å². The highest BCUT2D eigenvalue weighted by Crippen LogP contribution is 1.24. The van der Waals surface area contributed by atoms with E-state index in [1.165, 1.54) is 0 Å². The molecule has 0 spiro atoms. The maximum atomic E-state index is 9.43. The van der Waals surface area contributed by atoms with Crippen LogP contribution in [0.3, 0.4) is 0 Å². The second-order valence-electron chi connectivity index (χ2n) is 0.724. The molecule has 0 radical (unpaired) electrons. The predicted molar refractivity (Wildman–Crippen MR) is 64.0 cm³/mol. The summed E-state index contributed by atoms with van der Waals surface area (Å²) in [6.45, 7) is 10.0. The van der Waals surface area contributed by atoms with Crippen LogP contribution in [0.2, 0.25) is 0 Å². The molecule has 0 bridgehead atoms. The summed E-state index contributed by atoms with van der Waals surface area (Å²) in [6, 6.07) is 0. The van der Waals surface area contributed by atoms with Gasteiger partial charge in [-0.2, -0.15) is 0 Å². The number of carbonyl (C=O) groups is 6. The van der Waals surface area contributed by atoms with Gasteiger partial charge in [0, 0.05) is 0 Å². The van der Waals surface area contributed by atoms with Gasteiger partial charge in [-0.1, -0.05) is 0 Å². The summed E-state index contributed by atoms with van der Waals surface area (Å²) in [5.41, 5.74) is 0. The molecule has 0 aliphatic rings. The number of hydrogen-bond acceptors (Lipinski definition) is 7. The van der Waals surface area contributed by atoms with E-state index in [2.05, 4.69) is 4.65 Å². The molecule has 1 N–H and O–H groups in total. The van der Waals surface area contributed by atoms with Crippen LogP contribution in [0.5, 0.6) is 0 Å². The van der Waals surface area contributed by atoms with Gasteiger partial charge in [-0.3, -0.25) is 0 Å². The Labute approximate surface area is 94.0 Å². The van der Waals surface area contributed by atoms with E-state index < -0.39 is 9.68 Å². The third kappa shape index (κ3) is 7860. The largest absolute Gasteiger partial charge is 0.366 e. The zero-order valence-corrected chi connectivity index (χ0v) is 12.2. The third-order valence-corrected chi connectivity index (χ3v) is 2.09. The van der Waals surface area contributed by atoms with E-state index in [9.17, 15) is 4.79 Å². The molecule has 0 aliphatic carbocycles. The summed E-state index contributed by atoms with van der Waals surface area (Å²) in [5.74, 6) is 0.993.